The maximum absolute atomic E-state index is 5.09. The molecule has 1 aromatic carbocycles. The molecule has 0 saturated heterocycles. The molecule has 0 N–H and O–H groups in total. The van der Waals surface area contributed by atoms with Crippen molar-refractivity contribution in [3.05, 3.63) is 41.7 Å². The number of oxime groups is 1. The van der Waals surface area contributed by atoms with Crippen LogP contribution in [0.4, 0.5) is 0 Å². The van der Waals surface area contributed by atoms with Crippen LogP contribution in [0.25, 0.3) is 5.69 Å². The number of rotatable bonds is 4. The molecule has 2 rings (SSSR count). The first-order chi connectivity index (χ1) is 9.24. The van der Waals surface area contributed by atoms with Crippen LogP contribution in [0.1, 0.15) is 18.3 Å². The number of benzene rings is 1. The largest absolute Gasteiger partial charge is 0.382 e. The van der Waals surface area contributed by atoms with Gasteiger partial charge in [-0.15, -0.1) is 11.5 Å². The lowest BCUT2D eigenvalue weighted by atomic mass is 10.2. The van der Waals surface area contributed by atoms with Crippen molar-refractivity contribution in [1.82, 2.24) is 15.0 Å². The molecule has 0 fully saturated rings. The number of terminal acetylenes is 1. The highest BCUT2D eigenvalue weighted by atomic mass is 16.6. The van der Waals surface area contributed by atoms with Crippen molar-refractivity contribution in [2.75, 3.05) is 6.61 Å². The molecular formula is C14H14N4O. The molecule has 1 heterocycles. The summed E-state index contributed by atoms with van der Waals surface area (Å²) in [6.07, 6.45) is 5.09. The first-order valence-electron chi connectivity index (χ1n) is 5.82. The van der Waals surface area contributed by atoms with E-state index in [9.17, 15) is 0 Å². The van der Waals surface area contributed by atoms with Crippen LogP contribution in [0.15, 0.2) is 35.5 Å². The predicted octanol–water partition coefficient (Wildman–Crippen LogP) is 1.95. The molecule has 0 atom stereocenters. The lowest BCUT2D eigenvalue weighted by Gasteiger charge is -2.02. The van der Waals surface area contributed by atoms with Crippen LogP contribution in [0, 0.1) is 19.3 Å². The molecule has 0 radical (unpaired) electrons. The van der Waals surface area contributed by atoms with Crippen molar-refractivity contribution in [2.24, 2.45) is 5.16 Å². The lowest BCUT2D eigenvalue weighted by molar-refractivity contribution is 0.180. The quantitative estimate of drug-likeness (QED) is 0.362. The third-order valence-electron chi connectivity index (χ3n) is 2.59. The number of hydrogen-bond acceptors (Lipinski definition) is 4. The molecule has 0 saturated carbocycles. The van der Waals surface area contributed by atoms with E-state index in [1.54, 1.807) is 4.68 Å². The Bertz CT molecular complexity index is 623. The summed E-state index contributed by atoms with van der Waals surface area (Å²) in [5.41, 5.74) is 3.20. The van der Waals surface area contributed by atoms with Gasteiger partial charge in [-0.3, -0.25) is 0 Å². The van der Waals surface area contributed by atoms with Crippen LogP contribution in [-0.4, -0.2) is 27.3 Å². The predicted molar refractivity (Wildman–Crippen MR) is 73.1 cm³/mol. The summed E-state index contributed by atoms with van der Waals surface area (Å²) < 4.78 is 1.76. The fourth-order valence-corrected chi connectivity index (χ4v) is 1.69. The Morgan fingerprint density at radius 1 is 1.42 bits per heavy atom. The highest BCUT2D eigenvalue weighted by molar-refractivity contribution is 5.97. The van der Waals surface area contributed by atoms with Gasteiger partial charge in [0, 0.05) is 0 Å². The minimum absolute atomic E-state index is 0.142. The fraction of sp³-hybridized carbons (Fsp3) is 0.214. The number of para-hydroxylation sites is 1. The summed E-state index contributed by atoms with van der Waals surface area (Å²) in [6, 6.07) is 9.79. The highest BCUT2D eigenvalue weighted by Crippen LogP contribution is 2.12. The van der Waals surface area contributed by atoms with E-state index >= 15 is 0 Å². The van der Waals surface area contributed by atoms with Gasteiger partial charge in [0.25, 0.3) is 0 Å². The van der Waals surface area contributed by atoms with E-state index in [0.717, 1.165) is 11.4 Å². The summed E-state index contributed by atoms with van der Waals surface area (Å²) >= 11 is 0. The second kappa shape index (κ2) is 5.83. The topological polar surface area (TPSA) is 52.3 Å². The van der Waals surface area contributed by atoms with Gasteiger partial charge in [-0.25, -0.2) is 4.68 Å². The van der Waals surface area contributed by atoms with Gasteiger partial charge in [-0.05, 0) is 26.0 Å². The second-order valence-corrected chi connectivity index (χ2v) is 3.93. The van der Waals surface area contributed by atoms with Gasteiger partial charge >= 0.3 is 0 Å². The van der Waals surface area contributed by atoms with E-state index in [0.29, 0.717) is 11.4 Å². The maximum atomic E-state index is 5.09. The summed E-state index contributed by atoms with van der Waals surface area (Å²) in [4.78, 5) is 4.94. The molecule has 96 valence electrons. The fourth-order valence-electron chi connectivity index (χ4n) is 1.69. The molecule has 0 aliphatic heterocycles. The zero-order chi connectivity index (χ0) is 13.7. The summed E-state index contributed by atoms with van der Waals surface area (Å²) in [5.74, 6) is 2.35. The third kappa shape index (κ3) is 2.80. The molecular weight excluding hydrogens is 240 g/mol. The second-order valence-electron chi connectivity index (χ2n) is 3.93. The van der Waals surface area contributed by atoms with Crippen molar-refractivity contribution >= 4 is 5.71 Å². The Morgan fingerprint density at radius 3 is 2.84 bits per heavy atom. The van der Waals surface area contributed by atoms with Gasteiger partial charge in [-0.1, -0.05) is 34.5 Å². The Balaban J connectivity index is 2.29. The third-order valence-corrected chi connectivity index (χ3v) is 2.59. The Morgan fingerprint density at radius 2 is 2.16 bits per heavy atom. The van der Waals surface area contributed by atoms with E-state index in [2.05, 4.69) is 21.4 Å². The van der Waals surface area contributed by atoms with Crippen molar-refractivity contribution in [2.45, 2.75) is 13.8 Å². The van der Waals surface area contributed by atoms with E-state index in [-0.39, 0.29) is 6.61 Å². The van der Waals surface area contributed by atoms with Gasteiger partial charge in [0.15, 0.2) is 6.61 Å². The average Bonchev–Trinajstić information content (AvgIpc) is 2.82. The number of nitrogens with zero attached hydrogens (tertiary/aromatic N) is 4. The van der Waals surface area contributed by atoms with E-state index < -0.39 is 0 Å². The van der Waals surface area contributed by atoms with Gasteiger partial charge < -0.3 is 4.84 Å². The molecule has 0 amide bonds. The Kier molecular flexibility index (Phi) is 3.94. The molecule has 5 nitrogen and oxygen atoms in total. The number of hydrogen-bond donors (Lipinski definition) is 0. The maximum Gasteiger partial charge on any atom is 0.177 e. The molecule has 0 unspecified atom stereocenters. The Hall–Kier alpha value is -2.61. The van der Waals surface area contributed by atoms with Crippen molar-refractivity contribution in [3.8, 4) is 18.0 Å². The molecule has 0 aliphatic carbocycles. The normalized spacial score (nSPS) is 11.1. The smallest absolute Gasteiger partial charge is 0.177 e. The zero-order valence-corrected chi connectivity index (χ0v) is 10.9. The molecule has 1 aromatic heterocycles. The van der Waals surface area contributed by atoms with Crippen LogP contribution in [0.2, 0.25) is 0 Å². The Labute approximate surface area is 111 Å². The molecule has 0 aliphatic rings. The van der Waals surface area contributed by atoms with Crippen molar-refractivity contribution in [3.63, 3.8) is 0 Å². The van der Waals surface area contributed by atoms with Crippen LogP contribution >= 0.6 is 0 Å². The van der Waals surface area contributed by atoms with Gasteiger partial charge in [0.2, 0.25) is 0 Å². The minimum Gasteiger partial charge on any atom is -0.382 e. The minimum atomic E-state index is 0.142. The van der Waals surface area contributed by atoms with E-state index in [1.807, 2.05) is 44.2 Å². The van der Waals surface area contributed by atoms with Gasteiger partial charge in [-0.2, -0.15) is 0 Å². The lowest BCUT2D eigenvalue weighted by Crippen LogP contribution is -2.02. The first kappa shape index (κ1) is 12.8. The summed E-state index contributed by atoms with van der Waals surface area (Å²) in [7, 11) is 0. The first-order valence-corrected chi connectivity index (χ1v) is 5.82. The molecule has 5 heteroatoms. The monoisotopic (exact) mass is 254 g/mol. The van der Waals surface area contributed by atoms with Crippen LogP contribution in [0.5, 0.6) is 0 Å². The standard InChI is InChI=1S/C14H14N4O/c1-4-10-19-16-11(2)14-12(3)18(17-15-14)13-8-6-5-7-9-13/h1,5-9H,10H2,2-3H3. The van der Waals surface area contributed by atoms with Gasteiger partial charge in [0.05, 0.1) is 11.4 Å². The zero-order valence-electron chi connectivity index (χ0n) is 10.9. The van der Waals surface area contributed by atoms with Crippen LogP contribution in [-0.2, 0) is 4.84 Å². The summed E-state index contributed by atoms with van der Waals surface area (Å²) in [5, 5.41) is 12.2. The summed E-state index contributed by atoms with van der Waals surface area (Å²) in [6.45, 7) is 3.88. The van der Waals surface area contributed by atoms with Crippen molar-refractivity contribution < 1.29 is 4.84 Å². The SMILES string of the molecule is C#CCON=C(C)c1nnn(-c2ccccc2)c1C. The number of aromatic nitrogens is 3. The average molecular weight is 254 g/mol. The molecule has 19 heavy (non-hydrogen) atoms. The molecule has 0 bridgehead atoms. The van der Waals surface area contributed by atoms with Crippen LogP contribution < -0.4 is 0 Å². The van der Waals surface area contributed by atoms with E-state index in [4.69, 9.17) is 11.3 Å². The van der Waals surface area contributed by atoms with Gasteiger partial charge in [0.1, 0.15) is 11.4 Å². The van der Waals surface area contributed by atoms with Crippen LogP contribution in [0.3, 0.4) is 0 Å². The van der Waals surface area contributed by atoms with Crippen molar-refractivity contribution in [1.29, 1.82) is 0 Å². The highest BCUT2D eigenvalue weighted by Gasteiger charge is 2.12. The van der Waals surface area contributed by atoms with E-state index in [1.165, 1.54) is 0 Å². The molecule has 2 aromatic rings. The molecule has 0 spiro atoms.